The van der Waals surface area contributed by atoms with Crippen molar-refractivity contribution in [1.29, 1.82) is 0 Å². The van der Waals surface area contributed by atoms with Gasteiger partial charge in [-0.25, -0.2) is 8.78 Å². The van der Waals surface area contributed by atoms with Crippen LogP contribution in [-0.2, 0) is 6.54 Å². The zero-order chi connectivity index (χ0) is 7.56. The SMILES string of the molecule is CCn1n[c]cc1C(F)F. The van der Waals surface area contributed by atoms with Crippen molar-refractivity contribution < 1.29 is 8.78 Å². The molecule has 1 radical (unpaired) electrons. The van der Waals surface area contributed by atoms with Gasteiger partial charge in [0.05, 0.1) is 0 Å². The molecule has 0 aliphatic rings. The lowest BCUT2D eigenvalue weighted by molar-refractivity contribution is 0.139. The highest BCUT2D eigenvalue weighted by Gasteiger charge is 2.11. The van der Waals surface area contributed by atoms with Gasteiger partial charge >= 0.3 is 0 Å². The predicted molar refractivity (Wildman–Crippen MR) is 31.7 cm³/mol. The highest BCUT2D eigenvalue weighted by atomic mass is 19.3. The summed E-state index contributed by atoms with van der Waals surface area (Å²) in [6, 6.07) is 1.20. The van der Waals surface area contributed by atoms with Crippen molar-refractivity contribution in [1.82, 2.24) is 9.78 Å². The first-order chi connectivity index (χ1) is 4.75. The van der Waals surface area contributed by atoms with E-state index >= 15 is 0 Å². The smallest absolute Gasteiger partial charge is 0.263 e. The molecule has 0 unspecified atom stereocenters. The molecule has 0 bridgehead atoms. The second kappa shape index (κ2) is 2.77. The molecule has 2 nitrogen and oxygen atoms in total. The average Bonchev–Trinajstić information content (AvgIpc) is 2.33. The minimum Gasteiger partial charge on any atom is -0.263 e. The Labute approximate surface area is 57.5 Å². The molecule has 1 aromatic heterocycles. The molecule has 0 aliphatic carbocycles. The highest BCUT2D eigenvalue weighted by molar-refractivity contribution is 5.00. The summed E-state index contributed by atoms with van der Waals surface area (Å²) in [7, 11) is 0. The van der Waals surface area contributed by atoms with Crippen LogP contribution in [-0.4, -0.2) is 9.78 Å². The van der Waals surface area contributed by atoms with E-state index in [1.54, 1.807) is 6.92 Å². The van der Waals surface area contributed by atoms with E-state index in [1.165, 1.54) is 10.7 Å². The van der Waals surface area contributed by atoms with Crippen LogP contribution in [0.4, 0.5) is 8.78 Å². The van der Waals surface area contributed by atoms with E-state index < -0.39 is 6.43 Å². The maximum atomic E-state index is 12.0. The number of aryl methyl sites for hydroxylation is 1. The second-order valence-electron chi connectivity index (χ2n) is 1.81. The average molecular weight is 145 g/mol. The molecule has 10 heavy (non-hydrogen) atoms. The summed E-state index contributed by atoms with van der Waals surface area (Å²) in [6.45, 7) is 2.22. The first-order valence-electron chi connectivity index (χ1n) is 2.97. The molecule has 1 heterocycles. The molecule has 0 spiro atoms. The number of alkyl halides is 2. The molecule has 0 saturated carbocycles. The minimum absolute atomic E-state index is 0.0671. The molecule has 0 aliphatic heterocycles. The predicted octanol–water partition coefficient (Wildman–Crippen LogP) is 1.64. The van der Waals surface area contributed by atoms with Crippen molar-refractivity contribution in [2.45, 2.75) is 19.9 Å². The molecule has 0 atom stereocenters. The summed E-state index contributed by atoms with van der Waals surface area (Å²) >= 11 is 0. The number of rotatable bonds is 2. The van der Waals surface area contributed by atoms with Gasteiger partial charge in [-0.3, -0.25) is 4.68 Å². The monoisotopic (exact) mass is 145 g/mol. The van der Waals surface area contributed by atoms with Crippen LogP contribution in [0.2, 0.25) is 0 Å². The van der Waals surface area contributed by atoms with Gasteiger partial charge < -0.3 is 0 Å². The van der Waals surface area contributed by atoms with Crippen LogP contribution < -0.4 is 0 Å². The number of nitrogens with zero attached hydrogens (tertiary/aromatic N) is 2. The summed E-state index contributed by atoms with van der Waals surface area (Å²) in [5.74, 6) is 0. The molecule has 1 rings (SSSR count). The zero-order valence-electron chi connectivity index (χ0n) is 5.51. The lowest BCUT2D eigenvalue weighted by Gasteiger charge is -2.00. The second-order valence-corrected chi connectivity index (χ2v) is 1.81. The first-order valence-corrected chi connectivity index (χ1v) is 2.97. The number of aromatic nitrogens is 2. The third-order valence-electron chi connectivity index (χ3n) is 1.21. The minimum atomic E-state index is -2.45. The van der Waals surface area contributed by atoms with E-state index in [9.17, 15) is 8.78 Å². The topological polar surface area (TPSA) is 17.8 Å². The van der Waals surface area contributed by atoms with Gasteiger partial charge in [-0.15, -0.1) is 0 Å². The molecule has 0 aromatic carbocycles. The van der Waals surface area contributed by atoms with Crippen molar-refractivity contribution >= 4 is 0 Å². The molecule has 0 fully saturated rings. The normalized spacial score (nSPS) is 10.8. The highest BCUT2D eigenvalue weighted by Crippen LogP contribution is 2.16. The van der Waals surface area contributed by atoms with Crippen LogP contribution in [0, 0.1) is 6.20 Å². The summed E-state index contributed by atoms with van der Waals surface area (Å²) in [5, 5.41) is 3.57. The molecule has 0 N–H and O–H groups in total. The lowest BCUT2D eigenvalue weighted by atomic mass is 10.4. The van der Waals surface area contributed by atoms with E-state index in [0.29, 0.717) is 6.54 Å². The van der Waals surface area contributed by atoms with Gasteiger partial charge in [0.15, 0.2) is 0 Å². The Morgan fingerprint density at radius 2 is 2.50 bits per heavy atom. The largest absolute Gasteiger partial charge is 0.280 e. The summed E-state index contributed by atoms with van der Waals surface area (Å²) in [4.78, 5) is 0. The maximum absolute atomic E-state index is 12.0. The summed E-state index contributed by atoms with van der Waals surface area (Å²) < 4.78 is 25.2. The van der Waals surface area contributed by atoms with Crippen molar-refractivity contribution in [3.8, 4) is 0 Å². The Morgan fingerprint density at radius 3 is 2.90 bits per heavy atom. The Balaban J connectivity index is 2.90. The van der Waals surface area contributed by atoms with Crippen LogP contribution in [0.15, 0.2) is 6.07 Å². The third-order valence-corrected chi connectivity index (χ3v) is 1.21. The molecule has 4 heteroatoms. The maximum Gasteiger partial charge on any atom is 0.280 e. The van der Waals surface area contributed by atoms with E-state index in [4.69, 9.17) is 0 Å². The molecule has 55 valence electrons. The molecule has 0 saturated heterocycles. The van der Waals surface area contributed by atoms with E-state index in [1.807, 2.05) is 0 Å². The Hall–Kier alpha value is -0.930. The van der Waals surface area contributed by atoms with Gasteiger partial charge in [-0.05, 0) is 13.0 Å². The summed E-state index contributed by atoms with van der Waals surface area (Å²) in [6.07, 6.45) is -0.0821. The van der Waals surface area contributed by atoms with Crippen LogP contribution in [0.5, 0.6) is 0 Å². The van der Waals surface area contributed by atoms with Crippen molar-refractivity contribution in [2.75, 3.05) is 0 Å². The number of halogens is 2. The number of hydrogen-bond acceptors (Lipinski definition) is 1. The fraction of sp³-hybridized carbons (Fsp3) is 0.500. The van der Waals surface area contributed by atoms with Crippen LogP contribution in [0.1, 0.15) is 19.0 Å². The lowest BCUT2D eigenvalue weighted by Crippen LogP contribution is -2.02. The molecule has 1 aromatic rings. The van der Waals surface area contributed by atoms with Crippen LogP contribution in [0.3, 0.4) is 0 Å². The van der Waals surface area contributed by atoms with Gasteiger partial charge in [0.1, 0.15) is 11.9 Å². The fourth-order valence-electron chi connectivity index (χ4n) is 0.726. The Morgan fingerprint density at radius 1 is 1.80 bits per heavy atom. The van der Waals surface area contributed by atoms with Gasteiger partial charge in [-0.1, -0.05) is 0 Å². The van der Waals surface area contributed by atoms with Gasteiger partial charge in [-0.2, -0.15) is 5.10 Å². The molecular weight excluding hydrogens is 138 g/mol. The van der Waals surface area contributed by atoms with Crippen LogP contribution in [0.25, 0.3) is 0 Å². The van der Waals surface area contributed by atoms with Crippen molar-refractivity contribution in [3.63, 3.8) is 0 Å². The zero-order valence-corrected chi connectivity index (χ0v) is 5.51. The van der Waals surface area contributed by atoms with Crippen LogP contribution >= 0.6 is 0 Å². The van der Waals surface area contributed by atoms with Gasteiger partial charge in [0, 0.05) is 6.54 Å². The Bertz CT molecular complexity index is 207. The van der Waals surface area contributed by atoms with E-state index in [-0.39, 0.29) is 5.69 Å². The van der Waals surface area contributed by atoms with Gasteiger partial charge in [0.2, 0.25) is 0 Å². The molecular formula is C6H7F2N2. The van der Waals surface area contributed by atoms with E-state index in [0.717, 1.165) is 0 Å². The van der Waals surface area contributed by atoms with Crippen molar-refractivity contribution in [2.24, 2.45) is 0 Å². The number of hydrogen-bond donors (Lipinski definition) is 0. The Kier molecular flexibility index (Phi) is 1.99. The third kappa shape index (κ3) is 1.15. The van der Waals surface area contributed by atoms with E-state index in [2.05, 4.69) is 11.3 Å². The van der Waals surface area contributed by atoms with Gasteiger partial charge in [0.25, 0.3) is 6.43 Å². The first kappa shape index (κ1) is 7.18. The quantitative estimate of drug-likeness (QED) is 0.618. The molecule has 0 amide bonds. The standard InChI is InChI=1S/C6H7F2N2/c1-2-10-5(6(7)8)3-4-9-10/h3,6H,2H2,1H3. The summed E-state index contributed by atoms with van der Waals surface area (Å²) in [5.41, 5.74) is -0.0671. The fourth-order valence-corrected chi connectivity index (χ4v) is 0.726. The van der Waals surface area contributed by atoms with Crippen molar-refractivity contribution in [3.05, 3.63) is 18.0 Å².